The number of alkyl halides is 1. The molecule has 3 saturated heterocycles. The van der Waals surface area contributed by atoms with Crippen molar-refractivity contribution in [2.75, 3.05) is 44.2 Å². The molecule has 1 aromatic heterocycles. The van der Waals surface area contributed by atoms with Crippen LogP contribution < -0.4 is 9.64 Å². The van der Waals surface area contributed by atoms with Gasteiger partial charge in [0, 0.05) is 49.6 Å². The van der Waals surface area contributed by atoms with E-state index in [0.717, 1.165) is 35.7 Å². The number of piperazine rings is 1. The molecule has 3 fully saturated rings. The molecule has 0 aliphatic carbocycles. The van der Waals surface area contributed by atoms with Crippen molar-refractivity contribution in [3.05, 3.63) is 71.5 Å². The Morgan fingerprint density at radius 2 is 1.98 bits per heavy atom. The van der Waals surface area contributed by atoms with Gasteiger partial charge in [-0.05, 0) is 67.3 Å². The fraction of sp³-hybridized carbons (Fsp3) is 0.400. The summed E-state index contributed by atoms with van der Waals surface area (Å²) in [6.45, 7) is 10.5. The minimum absolute atomic E-state index is 0.0408. The van der Waals surface area contributed by atoms with Gasteiger partial charge in [0.05, 0.1) is 10.6 Å². The van der Waals surface area contributed by atoms with Crippen LogP contribution in [0.25, 0.3) is 32.8 Å². The third-order valence-corrected chi connectivity index (χ3v) is 10.1. The third-order valence-electron chi connectivity index (χ3n) is 9.84. The van der Waals surface area contributed by atoms with Gasteiger partial charge in [0.15, 0.2) is 5.82 Å². The number of aryl methyl sites for hydroxylation is 1. The van der Waals surface area contributed by atoms with Crippen molar-refractivity contribution in [3.63, 3.8) is 0 Å². The van der Waals surface area contributed by atoms with Gasteiger partial charge >= 0.3 is 6.01 Å². The van der Waals surface area contributed by atoms with Crippen LogP contribution in [0.5, 0.6) is 6.01 Å². The van der Waals surface area contributed by atoms with E-state index in [0.29, 0.717) is 49.4 Å². The second-order valence-electron chi connectivity index (χ2n) is 12.6. The van der Waals surface area contributed by atoms with Crippen molar-refractivity contribution in [3.8, 4) is 17.1 Å². The van der Waals surface area contributed by atoms with Crippen molar-refractivity contribution in [2.24, 2.45) is 0 Å². The maximum atomic E-state index is 16.9. The number of hydrogen-bond acceptors (Lipinski definition) is 6. The average molecular weight is 632 g/mol. The standard InChI is InChI=1S/C35H36ClF2N5O2/c1-4-28(44)41-14-15-43(22(3)18-41)33-26-16-27(36)30(25-11-6-10-23-9-5-8-21(2)29(23)25)31(38)32(26)39-34(40-33)45-20-35-12-7-13-42(35)19-24(37)17-35/h4-6,8-11,16,22,24H,1,7,12-15,17-20H2,2-3H3/t22-,24-,35+/m1/s1. The van der Waals surface area contributed by atoms with Gasteiger partial charge in [0.2, 0.25) is 5.91 Å². The molecule has 0 saturated carbocycles. The number of fused-ring (bicyclic) bond motifs is 3. The Balaban J connectivity index is 1.36. The van der Waals surface area contributed by atoms with Gasteiger partial charge in [-0.1, -0.05) is 54.6 Å². The van der Waals surface area contributed by atoms with Gasteiger partial charge in [-0.25, -0.2) is 8.78 Å². The molecule has 7 rings (SSSR count). The van der Waals surface area contributed by atoms with Gasteiger partial charge < -0.3 is 14.5 Å². The van der Waals surface area contributed by atoms with E-state index in [2.05, 4.69) is 21.4 Å². The molecule has 234 valence electrons. The molecule has 3 aliphatic rings. The van der Waals surface area contributed by atoms with E-state index >= 15 is 4.39 Å². The lowest BCUT2D eigenvalue weighted by Crippen LogP contribution is -2.53. The van der Waals surface area contributed by atoms with Crippen LogP contribution in [0.1, 0.15) is 31.7 Å². The van der Waals surface area contributed by atoms with Crippen LogP contribution in [0.15, 0.2) is 55.1 Å². The normalized spacial score (nSPS) is 23.6. The summed E-state index contributed by atoms with van der Waals surface area (Å²) in [5, 5.41) is 2.62. The first-order chi connectivity index (χ1) is 21.7. The molecule has 0 spiro atoms. The van der Waals surface area contributed by atoms with E-state index in [1.807, 2.05) is 50.2 Å². The second-order valence-corrected chi connectivity index (χ2v) is 13.1. The van der Waals surface area contributed by atoms with Crippen LogP contribution in [0, 0.1) is 12.7 Å². The maximum Gasteiger partial charge on any atom is 0.319 e. The van der Waals surface area contributed by atoms with Gasteiger partial charge in [0.1, 0.15) is 24.1 Å². The molecule has 1 amide bonds. The zero-order valence-electron chi connectivity index (χ0n) is 25.5. The highest BCUT2D eigenvalue weighted by Gasteiger charge is 2.49. The van der Waals surface area contributed by atoms with Crippen molar-refractivity contribution in [1.82, 2.24) is 19.8 Å². The smallest absolute Gasteiger partial charge is 0.319 e. The number of benzene rings is 3. The number of carbonyl (C=O) groups excluding carboxylic acids is 1. The molecule has 3 atom stereocenters. The van der Waals surface area contributed by atoms with Crippen LogP contribution in [0.3, 0.4) is 0 Å². The summed E-state index contributed by atoms with van der Waals surface area (Å²) in [4.78, 5) is 27.8. The van der Waals surface area contributed by atoms with Gasteiger partial charge in [-0.3, -0.25) is 9.69 Å². The van der Waals surface area contributed by atoms with E-state index in [1.54, 1.807) is 11.0 Å². The Morgan fingerprint density at radius 1 is 1.18 bits per heavy atom. The Morgan fingerprint density at radius 3 is 2.76 bits per heavy atom. The topological polar surface area (TPSA) is 61.8 Å². The lowest BCUT2D eigenvalue weighted by atomic mass is 9.94. The quantitative estimate of drug-likeness (QED) is 0.220. The van der Waals surface area contributed by atoms with E-state index in [-0.39, 0.29) is 40.7 Å². The minimum Gasteiger partial charge on any atom is -0.461 e. The first-order valence-corrected chi connectivity index (χ1v) is 16.0. The SMILES string of the molecule is C=CC(=O)N1CCN(c2nc(OC[C@@]34CCCN3C[C@H](F)C4)nc3c(F)c(-c4cccc5cccc(C)c45)c(Cl)cc23)[C@H](C)C1. The summed E-state index contributed by atoms with van der Waals surface area (Å²) in [6, 6.07) is 13.4. The molecular formula is C35H36ClF2N5O2. The number of carbonyl (C=O) groups is 1. The zero-order valence-corrected chi connectivity index (χ0v) is 26.3. The number of aromatic nitrogens is 2. The van der Waals surface area contributed by atoms with E-state index in [4.69, 9.17) is 21.3 Å². The summed E-state index contributed by atoms with van der Waals surface area (Å²) < 4.78 is 37.7. The molecule has 0 unspecified atom stereocenters. The van der Waals surface area contributed by atoms with Crippen LogP contribution in [-0.2, 0) is 4.79 Å². The largest absolute Gasteiger partial charge is 0.461 e. The Bertz CT molecular complexity index is 1830. The van der Waals surface area contributed by atoms with Crippen LogP contribution in [0.4, 0.5) is 14.6 Å². The first kappa shape index (κ1) is 29.9. The lowest BCUT2D eigenvalue weighted by Gasteiger charge is -2.40. The van der Waals surface area contributed by atoms with Gasteiger partial charge in [-0.15, -0.1) is 0 Å². The fourth-order valence-corrected chi connectivity index (χ4v) is 7.97. The predicted molar refractivity (Wildman–Crippen MR) is 174 cm³/mol. The molecule has 0 bridgehead atoms. The van der Waals surface area contributed by atoms with E-state index in [9.17, 15) is 9.18 Å². The number of halogens is 3. The van der Waals surface area contributed by atoms with Crippen LogP contribution in [0.2, 0.25) is 5.02 Å². The number of nitrogens with zero attached hydrogens (tertiary/aromatic N) is 5. The zero-order chi connectivity index (χ0) is 31.5. The van der Waals surface area contributed by atoms with E-state index in [1.165, 1.54) is 6.08 Å². The Kier molecular flexibility index (Phi) is 7.64. The highest BCUT2D eigenvalue weighted by molar-refractivity contribution is 6.35. The lowest BCUT2D eigenvalue weighted by molar-refractivity contribution is -0.126. The number of hydrogen-bond donors (Lipinski definition) is 0. The highest BCUT2D eigenvalue weighted by atomic mass is 35.5. The first-order valence-electron chi connectivity index (χ1n) is 15.6. The second kappa shape index (κ2) is 11.5. The van der Waals surface area contributed by atoms with Crippen molar-refractivity contribution >= 4 is 45.0 Å². The third kappa shape index (κ3) is 5.10. The summed E-state index contributed by atoms with van der Waals surface area (Å²) in [6.07, 6.45) is 2.63. The predicted octanol–water partition coefficient (Wildman–Crippen LogP) is 6.73. The van der Waals surface area contributed by atoms with Gasteiger partial charge in [0.25, 0.3) is 0 Å². The van der Waals surface area contributed by atoms with Crippen molar-refractivity contribution in [2.45, 2.75) is 50.9 Å². The average Bonchev–Trinajstić information content (AvgIpc) is 3.55. The van der Waals surface area contributed by atoms with Gasteiger partial charge in [-0.2, -0.15) is 9.97 Å². The number of rotatable bonds is 6. The monoisotopic (exact) mass is 631 g/mol. The molecule has 7 nitrogen and oxygen atoms in total. The molecule has 3 aromatic carbocycles. The van der Waals surface area contributed by atoms with E-state index < -0.39 is 17.5 Å². The summed E-state index contributed by atoms with van der Waals surface area (Å²) in [7, 11) is 0. The highest BCUT2D eigenvalue weighted by Crippen LogP contribution is 2.43. The number of anilines is 1. The molecule has 0 N–H and O–H groups in total. The fourth-order valence-electron chi connectivity index (χ4n) is 7.68. The molecule has 10 heteroatoms. The molecule has 0 radical (unpaired) electrons. The molecule has 4 aromatic rings. The number of ether oxygens (including phenoxy) is 1. The Hall–Kier alpha value is -3.82. The minimum atomic E-state index is -0.899. The molecule has 4 heterocycles. The number of amides is 1. The summed E-state index contributed by atoms with van der Waals surface area (Å²) in [5.74, 6) is -0.198. The molecule has 3 aliphatic heterocycles. The van der Waals surface area contributed by atoms with Crippen molar-refractivity contribution < 1.29 is 18.3 Å². The van der Waals surface area contributed by atoms with Crippen LogP contribution in [-0.4, -0.2) is 82.8 Å². The van der Waals surface area contributed by atoms with Crippen LogP contribution >= 0.6 is 11.6 Å². The molecular weight excluding hydrogens is 596 g/mol. The summed E-state index contributed by atoms with van der Waals surface area (Å²) >= 11 is 6.94. The van der Waals surface area contributed by atoms with Crippen molar-refractivity contribution in [1.29, 1.82) is 0 Å². The summed E-state index contributed by atoms with van der Waals surface area (Å²) in [5.41, 5.74) is 1.66. The maximum absolute atomic E-state index is 16.9. The Labute approximate surface area is 266 Å². The molecule has 45 heavy (non-hydrogen) atoms.